The number of hydrogen-bond donors (Lipinski definition) is 5. The van der Waals surface area contributed by atoms with Gasteiger partial charge in [-0.25, -0.2) is 4.98 Å². The Hall–Kier alpha value is -5.41. The van der Waals surface area contributed by atoms with Crippen molar-refractivity contribution in [2.24, 2.45) is 11.5 Å². The number of fused-ring (bicyclic) bond motifs is 1. The van der Waals surface area contributed by atoms with Gasteiger partial charge in [0.25, 0.3) is 5.91 Å². The zero-order valence-electron chi connectivity index (χ0n) is 27.2. The van der Waals surface area contributed by atoms with E-state index < -0.39 is 11.8 Å². The van der Waals surface area contributed by atoms with Crippen molar-refractivity contribution in [2.45, 2.75) is 33.4 Å². The molecule has 1 saturated heterocycles. The average Bonchev–Trinajstić information content (AvgIpc) is 3.62. The number of rotatable bonds is 15. The van der Waals surface area contributed by atoms with Gasteiger partial charge in [0.05, 0.1) is 42.2 Å². The third-order valence-electron chi connectivity index (χ3n) is 7.94. The summed E-state index contributed by atoms with van der Waals surface area (Å²) >= 11 is 0. The number of primary amides is 2. The monoisotopic (exact) mass is 658 g/mol. The van der Waals surface area contributed by atoms with E-state index in [0.29, 0.717) is 71.6 Å². The lowest BCUT2D eigenvalue weighted by Crippen LogP contribution is -2.37. The number of imidazole rings is 1. The van der Waals surface area contributed by atoms with Crippen LogP contribution < -0.4 is 32.6 Å². The van der Waals surface area contributed by atoms with Gasteiger partial charge >= 0.3 is 0 Å². The van der Waals surface area contributed by atoms with Crippen molar-refractivity contribution in [2.75, 3.05) is 62.4 Å². The molecule has 3 amide bonds. The number of nitrogens with one attached hydrogen (secondary N) is 2. The van der Waals surface area contributed by atoms with Gasteiger partial charge in [-0.3, -0.25) is 29.3 Å². The highest BCUT2D eigenvalue weighted by atomic mass is 16.5. The summed E-state index contributed by atoms with van der Waals surface area (Å²) in [7, 11) is 0. The van der Waals surface area contributed by atoms with Crippen LogP contribution in [0.1, 0.15) is 50.2 Å². The zero-order valence-corrected chi connectivity index (χ0v) is 27.2. The van der Waals surface area contributed by atoms with Crippen molar-refractivity contribution < 1.29 is 23.9 Å². The van der Waals surface area contributed by atoms with Gasteiger partial charge in [-0.15, -0.1) is 0 Å². The van der Waals surface area contributed by atoms with E-state index in [1.54, 1.807) is 35.0 Å². The Morgan fingerprint density at radius 1 is 1.04 bits per heavy atom. The molecule has 0 spiro atoms. The fourth-order valence-electron chi connectivity index (χ4n) is 5.50. The fourth-order valence-corrected chi connectivity index (χ4v) is 5.50. The molecule has 1 fully saturated rings. The number of nitrogens with two attached hydrogens (primary N) is 3. The highest BCUT2D eigenvalue weighted by Gasteiger charge is 2.19. The summed E-state index contributed by atoms with van der Waals surface area (Å²) in [6.07, 6.45) is 4.59. The van der Waals surface area contributed by atoms with Crippen LogP contribution in [0.15, 0.2) is 48.6 Å². The summed E-state index contributed by atoms with van der Waals surface area (Å²) in [5.41, 5.74) is 21.1. The standard InChI is InChI=1S/C33H42N10O5/c1-3-43-27(17-21(2)40-43)32(46)39-33-38-25-19-22(30(35)44)7-8-26(25)42(33)11-5-4-9-37-29-24(34)18-23(31(36)45)20-28(29)48-14-6-10-41-12-15-47-16-13-41/h4-5,7-8,17-20,37H,3,6,9-16,34H2,1-2H3,(H2,35,44)(H2,36,45)(H,38,39,46)/b5-4+. The molecule has 48 heavy (non-hydrogen) atoms. The summed E-state index contributed by atoms with van der Waals surface area (Å²) in [5, 5.41) is 10.5. The largest absolute Gasteiger partial charge is 0.491 e. The van der Waals surface area contributed by atoms with Gasteiger partial charge in [-0.05, 0) is 56.7 Å². The average molecular weight is 659 g/mol. The molecule has 15 nitrogen and oxygen atoms in total. The second-order valence-electron chi connectivity index (χ2n) is 11.4. The Kier molecular flexibility index (Phi) is 10.9. The number of nitrogens with zero attached hydrogens (tertiary/aromatic N) is 5. The Morgan fingerprint density at radius 2 is 1.81 bits per heavy atom. The predicted octanol–water partition coefficient (Wildman–Crippen LogP) is 2.36. The highest BCUT2D eigenvalue weighted by molar-refractivity contribution is 6.03. The number of amides is 3. The summed E-state index contributed by atoms with van der Waals surface area (Å²) < 4.78 is 14.9. The predicted molar refractivity (Wildman–Crippen MR) is 183 cm³/mol. The number of nitrogen functional groups attached to an aromatic ring is 1. The molecule has 2 aromatic carbocycles. The maximum absolute atomic E-state index is 13.3. The second-order valence-corrected chi connectivity index (χ2v) is 11.4. The molecule has 0 unspecified atom stereocenters. The van der Waals surface area contributed by atoms with Crippen LogP contribution in [0.4, 0.5) is 17.3 Å². The summed E-state index contributed by atoms with van der Waals surface area (Å²) in [5.74, 6) is -0.790. The van der Waals surface area contributed by atoms with E-state index >= 15 is 0 Å². The van der Waals surface area contributed by atoms with Gasteiger partial charge in [0.2, 0.25) is 17.8 Å². The molecule has 0 bridgehead atoms. The van der Waals surface area contributed by atoms with Gasteiger partial charge in [0.1, 0.15) is 17.1 Å². The van der Waals surface area contributed by atoms with E-state index in [1.165, 1.54) is 6.07 Å². The van der Waals surface area contributed by atoms with Gasteiger partial charge in [0.15, 0.2) is 0 Å². The Labute approximate surface area is 278 Å². The Bertz CT molecular complexity index is 1820. The van der Waals surface area contributed by atoms with Crippen molar-refractivity contribution in [3.8, 4) is 5.75 Å². The van der Waals surface area contributed by atoms with Crippen molar-refractivity contribution in [1.82, 2.24) is 24.2 Å². The number of aromatic nitrogens is 4. The minimum absolute atomic E-state index is 0.259. The molecule has 8 N–H and O–H groups in total. The first-order valence-electron chi connectivity index (χ1n) is 15.9. The number of allylic oxidation sites excluding steroid dienone is 1. The van der Waals surface area contributed by atoms with Crippen LogP contribution in [-0.4, -0.2) is 88.0 Å². The topological polar surface area (TPSA) is 211 Å². The molecule has 0 aliphatic carbocycles. The molecular formula is C33H42N10O5. The molecule has 15 heteroatoms. The Morgan fingerprint density at radius 3 is 2.54 bits per heavy atom. The summed E-state index contributed by atoms with van der Waals surface area (Å²) in [6.45, 7) is 9.53. The van der Waals surface area contributed by atoms with Crippen molar-refractivity contribution in [3.63, 3.8) is 0 Å². The van der Waals surface area contributed by atoms with E-state index in [4.69, 9.17) is 26.7 Å². The molecular weight excluding hydrogens is 616 g/mol. The lowest BCUT2D eigenvalue weighted by atomic mass is 10.1. The summed E-state index contributed by atoms with van der Waals surface area (Å²) in [6, 6.07) is 9.79. The first-order valence-corrected chi connectivity index (χ1v) is 15.9. The molecule has 5 rings (SSSR count). The number of carbonyl (C=O) groups is 3. The van der Waals surface area contributed by atoms with Crippen molar-refractivity contribution >= 4 is 46.1 Å². The van der Waals surface area contributed by atoms with Crippen LogP contribution >= 0.6 is 0 Å². The normalized spacial score (nSPS) is 13.6. The zero-order chi connectivity index (χ0) is 34.2. The number of carbonyl (C=O) groups excluding carboxylic acids is 3. The quantitative estimate of drug-likeness (QED) is 0.0715. The van der Waals surface area contributed by atoms with Crippen molar-refractivity contribution in [3.05, 3.63) is 71.1 Å². The highest BCUT2D eigenvalue weighted by Crippen LogP contribution is 2.33. The lowest BCUT2D eigenvalue weighted by molar-refractivity contribution is 0.0358. The molecule has 4 aromatic rings. The first kappa shape index (κ1) is 33.9. The van der Waals surface area contributed by atoms with E-state index in [0.717, 1.165) is 45.0 Å². The smallest absolute Gasteiger partial charge is 0.276 e. The third kappa shape index (κ3) is 8.11. The van der Waals surface area contributed by atoms with Crippen LogP contribution in [-0.2, 0) is 17.8 Å². The van der Waals surface area contributed by atoms with Crippen LogP contribution in [0.5, 0.6) is 5.75 Å². The van der Waals surface area contributed by atoms with Crippen LogP contribution in [0, 0.1) is 6.92 Å². The number of aryl methyl sites for hydroxylation is 2. The van der Waals surface area contributed by atoms with Gasteiger partial charge in [-0.2, -0.15) is 5.10 Å². The molecule has 0 radical (unpaired) electrons. The molecule has 1 aliphatic rings. The Balaban J connectivity index is 1.29. The van der Waals surface area contributed by atoms with E-state index in [9.17, 15) is 14.4 Å². The van der Waals surface area contributed by atoms with Gasteiger partial charge in [-0.1, -0.05) is 12.2 Å². The minimum atomic E-state index is -0.598. The number of morpholine rings is 1. The van der Waals surface area contributed by atoms with Crippen LogP contribution in [0.3, 0.4) is 0 Å². The fraction of sp³-hybridized carbons (Fsp3) is 0.364. The number of hydrogen-bond acceptors (Lipinski definition) is 10. The van der Waals surface area contributed by atoms with Crippen LogP contribution in [0.25, 0.3) is 11.0 Å². The number of ether oxygens (including phenoxy) is 2. The molecule has 0 atom stereocenters. The van der Waals surface area contributed by atoms with Crippen molar-refractivity contribution in [1.29, 1.82) is 0 Å². The maximum atomic E-state index is 13.3. The number of benzene rings is 2. The lowest BCUT2D eigenvalue weighted by Gasteiger charge is -2.26. The molecule has 2 aromatic heterocycles. The number of anilines is 3. The molecule has 3 heterocycles. The van der Waals surface area contributed by atoms with Crippen LogP contribution in [0.2, 0.25) is 0 Å². The molecule has 254 valence electrons. The van der Waals surface area contributed by atoms with E-state index in [-0.39, 0.29) is 11.5 Å². The third-order valence-corrected chi connectivity index (χ3v) is 7.94. The van der Waals surface area contributed by atoms with Gasteiger partial charge in [0, 0.05) is 50.4 Å². The van der Waals surface area contributed by atoms with Gasteiger partial charge < -0.3 is 36.6 Å². The first-order chi connectivity index (χ1) is 23.1. The second kappa shape index (κ2) is 15.5. The van der Waals surface area contributed by atoms with E-state index in [2.05, 4.69) is 25.6 Å². The summed E-state index contributed by atoms with van der Waals surface area (Å²) in [4.78, 5) is 43.9. The minimum Gasteiger partial charge on any atom is -0.491 e. The maximum Gasteiger partial charge on any atom is 0.276 e. The molecule has 1 aliphatic heterocycles. The molecule has 0 saturated carbocycles. The SMILES string of the molecule is CCn1nc(C)cc1C(=O)Nc1nc2cc(C(N)=O)ccc2n1C/C=C/CNc1c(N)cc(C(N)=O)cc1OCCCN1CCOCC1. The van der Waals surface area contributed by atoms with E-state index in [1.807, 2.05) is 30.6 Å².